The Hall–Kier alpha value is -2.77. The quantitative estimate of drug-likeness (QED) is 0.571. The van der Waals surface area contributed by atoms with E-state index < -0.39 is 11.7 Å². The number of thiophene rings is 1. The Labute approximate surface area is 181 Å². The normalized spacial score (nSPS) is 14.1. The average molecular weight is 447 g/mol. The van der Waals surface area contributed by atoms with Crippen molar-refractivity contribution < 1.29 is 18.4 Å². The van der Waals surface area contributed by atoms with E-state index in [1.54, 1.807) is 23.1 Å². The van der Waals surface area contributed by atoms with Crippen LogP contribution < -0.4 is 0 Å². The molecule has 0 radical (unpaired) electrons. The molecule has 2 amide bonds. The van der Waals surface area contributed by atoms with E-state index in [1.165, 1.54) is 46.6 Å². The van der Waals surface area contributed by atoms with E-state index in [0.717, 1.165) is 10.4 Å². The van der Waals surface area contributed by atoms with Gasteiger partial charge in [0.1, 0.15) is 11.6 Å². The molecule has 4 rings (SSSR count). The van der Waals surface area contributed by atoms with Gasteiger partial charge in [0.15, 0.2) is 0 Å². The van der Waals surface area contributed by atoms with E-state index in [-0.39, 0.29) is 17.3 Å². The lowest BCUT2D eigenvalue weighted by atomic mass is 10.1. The molecule has 8 heteroatoms. The molecule has 1 saturated heterocycles. The smallest absolute Gasteiger partial charge is 0.264 e. The molecule has 0 aliphatic carbocycles. The van der Waals surface area contributed by atoms with Crippen LogP contribution in [0.2, 0.25) is 5.02 Å². The Balaban J connectivity index is 1.40. The van der Waals surface area contributed by atoms with Gasteiger partial charge < -0.3 is 9.80 Å². The first-order chi connectivity index (χ1) is 14.4. The summed E-state index contributed by atoms with van der Waals surface area (Å²) in [7, 11) is 0. The number of amides is 2. The summed E-state index contributed by atoms with van der Waals surface area (Å²) in [6, 6.07) is 13.6. The maximum Gasteiger partial charge on any atom is 0.264 e. The molecule has 1 fully saturated rings. The van der Waals surface area contributed by atoms with E-state index in [4.69, 9.17) is 11.6 Å². The van der Waals surface area contributed by atoms with Crippen molar-refractivity contribution in [2.75, 3.05) is 26.2 Å². The highest BCUT2D eigenvalue weighted by molar-refractivity contribution is 7.17. The average Bonchev–Trinajstić information content (AvgIpc) is 3.25. The maximum absolute atomic E-state index is 14.0. The Morgan fingerprint density at radius 2 is 1.47 bits per heavy atom. The fourth-order valence-electron chi connectivity index (χ4n) is 3.32. The fourth-order valence-corrected chi connectivity index (χ4v) is 4.47. The fraction of sp³-hybridized carbons (Fsp3) is 0.182. The van der Waals surface area contributed by atoms with Crippen molar-refractivity contribution in [2.24, 2.45) is 0 Å². The number of hydrogen-bond donors (Lipinski definition) is 0. The highest BCUT2D eigenvalue weighted by Crippen LogP contribution is 2.29. The van der Waals surface area contributed by atoms with Crippen molar-refractivity contribution in [2.45, 2.75) is 0 Å². The van der Waals surface area contributed by atoms with Gasteiger partial charge in [-0.05, 0) is 48.0 Å². The lowest BCUT2D eigenvalue weighted by Crippen LogP contribution is -2.50. The van der Waals surface area contributed by atoms with Crippen LogP contribution in [0.1, 0.15) is 20.0 Å². The van der Waals surface area contributed by atoms with Crippen molar-refractivity contribution in [3.8, 4) is 10.4 Å². The predicted molar refractivity (Wildman–Crippen MR) is 113 cm³/mol. The summed E-state index contributed by atoms with van der Waals surface area (Å²) in [5.41, 5.74) is 0.781. The third kappa shape index (κ3) is 4.22. The number of carbonyl (C=O) groups excluding carboxylic acids is 2. The molecule has 0 spiro atoms. The second-order valence-corrected chi connectivity index (χ2v) is 8.40. The minimum Gasteiger partial charge on any atom is -0.335 e. The first kappa shape index (κ1) is 20.5. The Morgan fingerprint density at radius 3 is 2.13 bits per heavy atom. The van der Waals surface area contributed by atoms with Crippen LogP contribution in [0.5, 0.6) is 0 Å². The summed E-state index contributed by atoms with van der Waals surface area (Å²) >= 11 is 7.22. The highest BCUT2D eigenvalue weighted by atomic mass is 35.5. The summed E-state index contributed by atoms with van der Waals surface area (Å²) in [4.78, 5) is 30.1. The topological polar surface area (TPSA) is 40.6 Å². The number of halogens is 3. The van der Waals surface area contributed by atoms with Crippen LogP contribution in [-0.2, 0) is 0 Å². The molecule has 4 nitrogen and oxygen atoms in total. The van der Waals surface area contributed by atoms with Gasteiger partial charge in [-0.15, -0.1) is 11.3 Å². The lowest BCUT2D eigenvalue weighted by Gasteiger charge is -2.34. The molecule has 154 valence electrons. The maximum atomic E-state index is 14.0. The second kappa shape index (κ2) is 8.53. The Morgan fingerprint density at radius 1 is 0.833 bits per heavy atom. The van der Waals surface area contributed by atoms with Crippen LogP contribution >= 0.6 is 22.9 Å². The Kier molecular flexibility index (Phi) is 5.83. The van der Waals surface area contributed by atoms with E-state index >= 15 is 0 Å². The monoisotopic (exact) mass is 446 g/mol. The molecular weight excluding hydrogens is 430 g/mol. The van der Waals surface area contributed by atoms with Crippen LogP contribution in [0.15, 0.2) is 54.6 Å². The molecule has 2 heterocycles. The summed E-state index contributed by atoms with van der Waals surface area (Å²) in [5.74, 6) is -1.47. The number of piperazine rings is 1. The zero-order valence-electron chi connectivity index (χ0n) is 15.8. The van der Waals surface area contributed by atoms with Crippen LogP contribution in [0.4, 0.5) is 8.78 Å². The summed E-state index contributed by atoms with van der Waals surface area (Å²) in [5, 5.41) is 0.295. The van der Waals surface area contributed by atoms with Crippen molar-refractivity contribution in [1.82, 2.24) is 9.80 Å². The lowest BCUT2D eigenvalue weighted by molar-refractivity contribution is 0.0535. The van der Waals surface area contributed by atoms with E-state index in [9.17, 15) is 18.4 Å². The van der Waals surface area contributed by atoms with Crippen LogP contribution in [-0.4, -0.2) is 47.8 Å². The van der Waals surface area contributed by atoms with Gasteiger partial charge in [0, 0.05) is 36.1 Å². The molecule has 1 aromatic heterocycles. The third-order valence-corrected chi connectivity index (χ3v) is 6.32. The van der Waals surface area contributed by atoms with Gasteiger partial charge in [-0.25, -0.2) is 8.78 Å². The molecular formula is C22H17ClF2N2O2S. The third-order valence-electron chi connectivity index (χ3n) is 4.96. The minimum atomic E-state index is -0.616. The van der Waals surface area contributed by atoms with Crippen LogP contribution in [0.25, 0.3) is 10.4 Å². The van der Waals surface area contributed by atoms with Gasteiger partial charge in [-0.3, -0.25) is 9.59 Å². The van der Waals surface area contributed by atoms with Gasteiger partial charge >= 0.3 is 0 Å². The number of benzene rings is 2. The second-order valence-electron chi connectivity index (χ2n) is 6.88. The predicted octanol–water partition coefficient (Wildman–Crippen LogP) is 4.94. The number of hydrogen-bond acceptors (Lipinski definition) is 3. The molecule has 3 aromatic rings. The van der Waals surface area contributed by atoms with Crippen molar-refractivity contribution in [1.29, 1.82) is 0 Å². The molecule has 2 aromatic carbocycles. The molecule has 30 heavy (non-hydrogen) atoms. The zero-order valence-corrected chi connectivity index (χ0v) is 17.4. The van der Waals surface area contributed by atoms with E-state index in [1.807, 2.05) is 6.07 Å². The van der Waals surface area contributed by atoms with Gasteiger partial charge in [-0.1, -0.05) is 23.7 Å². The van der Waals surface area contributed by atoms with E-state index in [0.29, 0.717) is 36.1 Å². The van der Waals surface area contributed by atoms with Gasteiger partial charge in [0.2, 0.25) is 0 Å². The molecule has 0 atom stereocenters. The SMILES string of the molecule is O=C(c1ccc(-c2ccc(F)cc2)s1)N1CCN(C(=O)c2cc(Cl)ccc2F)CC1. The molecule has 0 unspecified atom stereocenters. The molecule has 0 saturated carbocycles. The highest BCUT2D eigenvalue weighted by Gasteiger charge is 2.27. The first-order valence-corrected chi connectivity index (χ1v) is 10.5. The molecule has 0 bridgehead atoms. The number of rotatable bonds is 3. The van der Waals surface area contributed by atoms with Gasteiger partial charge in [0.05, 0.1) is 10.4 Å². The standard InChI is InChI=1S/C22H17ClF2N2O2S/c23-15-3-6-18(25)17(13-15)21(28)26-9-11-27(12-10-26)22(29)20-8-7-19(30-20)14-1-4-16(24)5-2-14/h1-8,13H,9-12H2. The number of carbonyl (C=O) groups is 2. The van der Waals surface area contributed by atoms with E-state index in [2.05, 4.69) is 0 Å². The van der Waals surface area contributed by atoms with Crippen molar-refractivity contribution in [3.05, 3.63) is 81.7 Å². The summed E-state index contributed by atoms with van der Waals surface area (Å²) < 4.78 is 27.1. The van der Waals surface area contributed by atoms with Crippen molar-refractivity contribution >= 4 is 34.8 Å². The van der Waals surface area contributed by atoms with Gasteiger partial charge in [0.25, 0.3) is 11.8 Å². The largest absolute Gasteiger partial charge is 0.335 e. The molecule has 1 aliphatic rings. The number of nitrogens with zero attached hydrogens (tertiary/aromatic N) is 2. The van der Waals surface area contributed by atoms with Crippen LogP contribution in [0.3, 0.4) is 0 Å². The minimum absolute atomic E-state index is 0.0653. The Bertz CT molecular complexity index is 1090. The summed E-state index contributed by atoms with van der Waals surface area (Å²) in [6.45, 7) is 1.34. The molecule has 1 aliphatic heterocycles. The molecule has 0 N–H and O–H groups in total. The van der Waals surface area contributed by atoms with Crippen LogP contribution in [0, 0.1) is 11.6 Å². The van der Waals surface area contributed by atoms with Gasteiger partial charge in [-0.2, -0.15) is 0 Å². The zero-order chi connectivity index (χ0) is 21.3. The summed E-state index contributed by atoms with van der Waals surface area (Å²) in [6.07, 6.45) is 0. The van der Waals surface area contributed by atoms with Crippen molar-refractivity contribution in [3.63, 3.8) is 0 Å². The first-order valence-electron chi connectivity index (χ1n) is 9.32.